The van der Waals surface area contributed by atoms with E-state index in [1.165, 1.54) is 11.1 Å². The number of benzene rings is 2. The Hall–Kier alpha value is -1.25. The zero-order chi connectivity index (χ0) is 14.4. The summed E-state index contributed by atoms with van der Waals surface area (Å²) in [4.78, 5) is 0. The quantitative estimate of drug-likeness (QED) is 0.622. The first kappa shape index (κ1) is 13.4. The number of nitrogens with one attached hydrogen (secondary N) is 1. The van der Waals surface area contributed by atoms with E-state index in [1.54, 1.807) is 0 Å². The van der Waals surface area contributed by atoms with Gasteiger partial charge < -0.3 is 5.32 Å². The average Bonchev–Trinajstić information content (AvgIpc) is 2.98. The largest absolute Gasteiger partial charge is 0.376 e. The highest BCUT2D eigenvalue weighted by Gasteiger charge is 2.38. The molecule has 0 spiro atoms. The molecule has 106 valence electrons. The summed E-state index contributed by atoms with van der Waals surface area (Å²) in [5, 5.41) is 4.50. The van der Waals surface area contributed by atoms with E-state index in [4.69, 9.17) is 11.6 Å². The smallest absolute Gasteiger partial charge is 0.0640 e. The van der Waals surface area contributed by atoms with Crippen molar-refractivity contribution in [3.63, 3.8) is 0 Å². The van der Waals surface area contributed by atoms with Crippen LogP contribution in [-0.4, -0.2) is 0 Å². The molecule has 1 aliphatic heterocycles. The Labute approximate surface area is 138 Å². The molecule has 0 saturated heterocycles. The van der Waals surface area contributed by atoms with Crippen LogP contribution < -0.4 is 5.32 Å². The lowest BCUT2D eigenvalue weighted by molar-refractivity contribution is 0.425. The highest BCUT2D eigenvalue weighted by atomic mass is 79.9. The van der Waals surface area contributed by atoms with Crippen LogP contribution in [0.25, 0.3) is 0 Å². The molecule has 2 aromatic carbocycles. The molecule has 0 amide bonds. The molecule has 3 heteroatoms. The van der Waals surface area contributed by atoms with Gasteiger partial charge in [0.05, 0.1) is 16.8 Å². The maximum atomic E-state index is 6.42. The Bertz CT molecular complexity index is 708. The fourth-order valence-electron chi connectivity index (χ4n) is 3.58. The van der Waals surface area contributed by atoms with Gasteiger partial charge in [0.2, 0.25) is 0 Å². The first-order valence-electron chi connectivity index (χ1n) is 7.21. The number of para-hydroxylation sites is 1. The number of rotatable bonds is 1. The minimum Gasteiger partial charge on any atom is -0.376 e. The van der Waals surface area contributed by atoms with Gasteiger partial charge in [0.25, 0.3) is 0 Å². The van der Waals surface area contributed by atoms with Crippen LogP contribution in [0.4, 0.5) is 5.69 Å². The normalized spacial score (nSPS) is 26.1. The van der Waals surface area contributed by atoms with Crippen LogP contribution in [0.2, 0.25) is 5.02 Å². The molecule has 0 bridgehead atoms. The SMILES string of the molecule is Clc1cccc2c1N[C@H](c1ccc(Br)cc1)[C@@H]1CC=C[C@@H]21. The van der Waals surface area contributed by atoms with E-state index < -0.39 is 0 Å². The summed E-state index contributed by atoms with van der Waals surface area (Å²) in [6.07, 6.45) is 5.76. The third kappa shape index (κ3) is 2.21. The first-order chi connectivity index (χ1) is 10.2. The molecule has 1 aliphatic carbocycles. The van der Waals surface area contributed by atoms with Crippen LogP contribution in [-0.2, 0) is 0 Å². The molecule has 2 aliphatic rings. The molecule has 0 saturated carbocycles. The molecular weight excluding hydrogens is 346 g/mol. The standard InChI is InChI=1S/C18H15BrClN/c19-12-9-7-11(8-10-12)17-14-4-1-3-13(14)15-5-2-6-16(20)18(15)21-17/h1-3,5-10,13-14,17,21H,4H2/t13-,14-,17-/m1/s1. The van der Waals surface area contributed by atoms with Crippen molar-refractivity contribution in [2.24, 2.45) is 5.92 Å². The molecule has 0 fully saturated rings. The minimum atomic E-state index is 0.311. The molecule has 1 N–H and O–H groups in total. The van der Waals surface area contributed by atoms with E-state index in [2.05, 4.69) is 63.7 Å². The summed E-state index contributed by atoms with van der Waals surface area (Å²) in [7, 11) is 0. The lowest BCUT2D eigenvalue weighted by Crippen LogP contribution is -2.29. The lowest BCUT2D eigenvalue weighted by atomic mass is 9.77. The molecule has 0 aromatic heterocycles. The number of hydrogen-bond acceptors (Lipinski definition) is 1. The second kappa shape index (κ2) is 5.19. The Morgan fingerprint density at radius 2 is 1.90 bits per heavy atom. The molecule has 21 heavy (non-hydrogen) atoms. The maximum absolute atomic E-state index is 6.42. The topological polar surface area (TPSA) is 12.0 Å². The summed E-state index contributed by atoms with van der Waals surface area (Å²) in [6, 6.07) is 15.1. The van der Waals surface area contributed by atoms with Crippen molar-refractivity contribution in [2.45, 2.75) is 18.4 Å². The van der Waals surface area contributed by atoms with Gasteiger partial charge in [-0.25, -0.2) is 0 Å². The molecule has 0 unspecified atom stereocenters. The highest BCUT2D eigenvalue weighted by molar-refractivity contribution is 9.10. The molecule has 0 radical (unpaired) electrons. The highest BCUT2D eigenvalue weighted by Crippen LogP contribution is 2.51. The predicted octanol–water partition coefficient (Wildman–Crippen LogP) is 5.93. The summed E-state index contributed by atoms with van der Waals surface area (Å²) in [5.41, 5.74) is 3.75. The number of allylic oxidation sites excluding steroid dienone is 2. The van der Waals surface area contributed by atoms with E-state index in [0.29, 0.717) is 17.9 Å². The van der Waals surface area contributed by atoms with E-state index >= 15 is 0 Å². The van der Waals surface area contributed by atoms with Gasteiger partial charge in [0, 0.05) is 10.4 Å². The van der Waals surface area contributed by atoms with E-state index in [0.717, 1.165) is 21.6 Å². The predicted molar refractivity (Wildman–Crippen MR) is 91.9 cm³/mol. The van der Waals surface area contributed by atoms with E-state index in [1.807, 2.05) is 12.1 Å². The van der Waals surface area contributed by atoms with Crippen molar-refractivity contribution in [3.8, 4) is 0 Å². The Morgan fingerprint density at radius 1 is 1.10 bits per heavy atom. The zero-order valence-corrected chi connectivity index (χ0v) is 13.7. The van der Waals surface area contributed by atoms with Gasteiger partial charge in [0.1, 0.15) is 0 Å². The first-order valence-corrected chi connectivity index (χ1v) is 8.38. The second-order valence-electron chi connectivity index (χ2n) is 5.73. The third-order valence-corrected chi connectivity index (χ3v) is 5.42. The maximum Gasteiger partial charge on any atom is 0.0640 e. The summed E-state index contributed by atoms with van der Waals surface area (Å²) in [6.45, 7) is 0. The van der Waals surface area contributed by atoms with Gasteiger partial charge in [-0.2, -0.15) is 0 Å². The van der Waals surface area contributed by atoms with Crippen molar-refractivity contribution in [1.82, 2.24) is 0 Å². The zero-order valence-electron chi connectivity index (χ0n) is 11.4. The van der Waals surface area contributed by atoms with Gasteiger partial charge in [-0.3, -0.25) is 0 Å². The van der Waals surface area contributed by atoms with Crippen LogP contribution in [0.3, 0.4) is 0 Å². The summed E-state index contributed by atoms with van der Waals surface area (Å²) >= 11 is 9.93. The average molecular weight is 361 g/mol. The number of hydrogen-bond donors (Lipinski definition) is 1. The molecule has 2 aromatic rings. The summed E-state index contributed by atoms with van der Waals surface area (Å²) in [5.74, 6) is 1.03. The number of halogens is 2. The van der Waals surface area contributed by atoms with Crippen molar-refractivity contribution in [3.05, 3.63) is 75.2 Å². The van der Waals surface area contributed by atoms with Crippen molar-refractivity contribution >= 4 is 33.2 Å². The van der Waals surface area contributed by atoms with Gasteiger partial charge >= 0.3 is 0 Å². The second-order valence-corrected chi connectivity index (χ2v) is 7.05. The molecule has 3 atom stereocenters. The molecular formula is C18H15BrClN. The lowest BCUT2D eigenvalue weighted by Gasteiger charge is -2.38. The Balaban J connectivity index is 1.81. The Kier molecular flexibility index (Phi) is 3.31. The van der Waals surface area contributed by atoms with Crippen LogP contribution in [0, 0.1) is 5.92 Å². The van der Waals surface area contributed by atoms with Crippen molar-refractivity contribution in [1.29, 1.82) is 0 Å². The van der Waals surface area contributed by atoms with E-state index in [-0.39, 0.29) is 0 Å². The van der Waals surface area contributed by atoms with Crippen LogP contribution in [0.5, 0.6) is 0 Å². The van der Waals surface area contributed by atoms with Crippen molar-refractivity contribution in [2.75, 3.05) is 5.32 Å². The van der Waals surface area contributed by atoms with Gasteiger partial charge in [-0.05, 0) is 41.7 Å². The van der Waals surface area contributed by atoms with Crippen LogP contribution >= 0.6 is 27.5 Å². The molecule has 4 rings (SSSR count). The Morgan fingerprint density at radius 3 is 2.71 bits per heavy atom. The van der Waals surface area contributed by atoms with E-state index in [9.17, 15) is 0 Å². The third-order valence-electron chi connectivity index (χ3n) is 4.58. The van der Waals surface area contributed by atoms with Gasteiger partial charge in [-0.15, -0.1) is 0 Å². The van der Waals surface area contributed by atoms with Crippen LogP contribution in [0.15, 0.2) is 59.1 Å². The van der Waals surface area contributed by atoms with Gasteiger partial charge in [0.15, 0.2) is 0 Å². The summed E-state index contributed by atoms with van der Waals surface area (Å²) < 4.78 is 1.11. The van der Waals surface area contributed by atoms with Gasteiger partial charge in [-0.1, -0.05) is 63.9 Å². The molecule has 1 heterocycles. The number of fused-ring (bicyclic) bond motifs is 3. The van der Waals surface area contributed by atoms with Crippen molar-refractivity contribution < 1.29 is 0 Å². The monoisotopic (exact) mass is 359 g/mol. The molecule has 1 nitrogen and oxygen atoms in total. The minimum absolute atomic E-state index is 0.311. The number of anilines is 1. The fourth-order valence-corrected chi connectivity index (χ4v) is 4.08. The van der Waals surface area contributed by atoms with Crippen LogP contribution in [0.1, 0.15) is 29.5 Å². The fraction of sp³-hybridized carbons (Fsp3) is 0.222.